The molecule has 0 amide bonds. The molecule has 0 aromatic heterocycles. The molecule has 0 spiro atoms. The van der Waals surface area contributed by atoms with Gasteiger partial charge in [-0.25, -0.2) is 0 Å². The van der Waals surface area contributed by atoms with Crippen LogP contribution in [-0.2, 0) is 0 Å². The fourth-order valence-corrected chi connectivity index (χ4v) is 0. The van der Waals surface area contributed by atoms with Crippen LogP contribution in [0.25, 0.3) is 0 Å². The minimum absolute atomic E-state index is 0. The summed E-state index contributed by atoms with van der Waals surface area (Å²) in [5, 5.41) is 0. The Morgan fingerprint density at radius 2 is 1.00 bits per heavy atom. The second-order valence-electron chi connectivity index (χ2n) is 0.707. The van der Waals surface area contributed by atoms with Gasteiger partial charge in [0.15, 0.2) is 0 Å². The Kier molecular flexibility index (Phi) is 377. The molecule has 0 unspecified atom stereocenters. The molecule has 0 radical (unpaired) electrons. The van der Waals surface area contributed by atoms with E-state index in [1.54, 1.807) is 0 Å². The second-order valence-corrected chi connectivity index (χ2v) is 0.707. The molecule has 0 aliphatic rings. The molecule has 0 rings (SSSR count). The molecule has 0 fully saturated rings. The van der Waals surface area contributed by atoms with Crippen LogP contribution < -0.4 is 0 Å². The van der Waals surface area contributed by atoms with Crippen LogP contribution in [0.3, 0.4) is 0 Å². The first-order chi connectivity index (χ1) is 1.41. The molecule has 0 aromatic rings. The molecule has 0 bridgehead atoms. The van der Waals surface area contributed by atoms with Crippen molar-refractivity contribution in [3.05, 3.63) is 14.9 Å². The first-order valence-electron chi connectivity index (χ1n) is 1.41. The van der Waals surface area contributed by atoms with Crippen LogP contribution in [0.2, 0.25) is 0 Å². The van der Waals surface area contributed by atoms with Crippen molar-refractivity contribution in [2.45, 2.75) is 27.7 Å². The van der Waals surface area contributed by atoms with Gasteiger partial charge in [-0.15, -0.1) is 0 Å². The molecule has 0 aromatic carbocycles. The summed E-state index contributed by atoms with van der Waals surface area (Å²) < 4.78 is 0. The number of hydrogen-bond acceptors (Lipinski definition) is 0. The number of hydrogen-bond donors (Lipinski definition) is 0. The largest absolute Gasteiger partial charge is 2.00 e. The van der Waals surface area contributed by atoms with Crippen molar-refractivity contribution in [2.75, 3.05) is 0 Å². The van der Waals surface area contributed by atoms with Gasteiger partial charge in [-0.2, -0.15) is 0 Å². The first-order valence-corrected chi connectivity index (χ1v) is 1.41. The van der Waals surface area contributed by atoms with Crippen molar-refractivity contribution in [3.8, 4) is 0 Å². The van der Waals surface area contributed by atoms with Gasteiger partial charge < -0.3 is 14.9 Å². The molecule has 0 atom stereocenters. The van der Waals surface area contributed by atoms with Gasteiger partial charge in [-0.05, 0) is 0 Å². The third kappa shape index (κ3) is 163. The Bertz CT molecular complexity index is 4.14. The SMILES string of the molecule is C.CCC.[CH3-].[CH3-].[U+2]. The Labute approximate surface area is 73.5 Å². The third-order valence-corrected chi connectivity index (χ3v) is 0. The molecular formula is C6H18U. The monoisotopic (exact) mass is 328 g/mol. The summed E-state index contributed by atoms with van der Waals surface area (Å²) in [4.78, 5) is 0. The molecule has 7 heavy (non-hydrogen) atoms. The molecule has 46 valence electrons. The van der Waals surface area contributed by atoms with E-state index in [4.69, 9.17) is 0 Å². The van der Waals surface area contributed by atoms with E-state index < -0.39 is 0 Å². The molecule has 0 nitrogen and oxygen atoms in total. The van der Waals surface area contributed by atoms with Gasteiger partial charge in [0, 0.05) is 0 Å². The van der Waals surface area contributed by atoms with Gasteiger partial charge in [-0.3, -0.25) is 0 Å². The topological polar surface area (TPSA) is 0 Å². The van der Waals surface area contributed by atoms with Crippen molar-refractivity contribution >= 4 is 0 Å². The van der Waals surface area contributed by atoms with Crippen LogP contribution in [0.15, 0.2) is 0 Å². The third-order valence-electron chi connectivity index (χ3n) is 0. The van der Waals surface area contributed by atoms with Crippen LogP contribution in [0.1, 0.15) is 27.7 Å². The Balaban J connectivity index is -0.00000000333. The van der Waals surface area contributed by atoms with Gasteiger partial charge >= 0.3 is 31.1 Å². The molecule has 0 saturated carbocycles. The maximum atomic E-state index is 2.12. The zero-order chi connectivity index (χ0) is 2.71. The predicted octanol–water partition coefficient (Wildman–Crippen LogP) is 2.95. The Hall–Kier alpha value is 1.05. The smallest absolute Gasteiger partial charge is 0.358 e. The quantitative estimate of drug-likeness (QED) is 0.600. The van der Waals surface area contributed by atoms with Crippen LogP contribution >= 0.6 is 0 Å². The van der Waals surface area contributed by atoms with Gasteiger partial charge in [-0.1, -0.05) is 27.7 Å². The molecule has 0 heterocycles. The van der Waals surface area contributed by atoms with Crippen molar-refractivity contribution in [1.82, 2.24) is 0 Å². The average Bonchev–Trinajstić information content (AvgIpc) is 0.918. The van der Waals surface area contributed by atoms with Gasteiger partial charge in [0.25, 0.3) is 0 Å². The summed E-state index contributed by atoms with van der Waals surface area (Å²) >= 11 is 0. The van der Waals surface area contributed by atoms with E-state index in [9.17, 15) is 0 Å². The fourth-order valence-electron chi connectivity index (χ4n) is 0. The van der Waals surface area contributed by atoms with Gasteiger partial charge in [0.05, 0.1) is 0 Å². The summed E-state index contributed by atoms with van der Waals surface area (Å²) in [7, 11) is 0. The Morgan fingerprint density at radius 3 is 1.00 bits per heavy atom. The summed E-state index contributed by atoms with van der Waals surface area (Å²) in [6, 6.07) is 0. The summed E-state index contributed by atoms with van der Waals surface area (Å²) in [5.74, 6) is 0. The van der Waals surface area contributed by atoms with Crippen LogP contribution in [0.4, 0.5) is 0 Å². The maximum Gasteiger partial charge on any atom is 2.00 e. The molecule has 0 N–H and O–H groups in total. The molecule has 1 heteroatoms. The standard InChI is InChI=1S/C3H8.CH4.2CH3.U/c1-3-2;;;;/h3H2,1-2H3;1H4;2*1H3;/q;;2*-1;+2. The first kappa shape index (κ1) is 43.0. The summed E-state index contributed by atoms with van der Waals surface area (Å²) in [6.07, 6.45) is 1.25. The van der Waals surface area contributed by atoms with Crippen LogP contribution in [-0.4, -0.2) is 0 Å². The van der Waals surface area contributed by atoms with Crippen molar-refractivity contribution in [2.24, 2.45) is 0 Å². The van der Waals surface area contributed by atoms with Gasteiger partial charge in [0.1, 0.15) is 0 Å². The van der Waals surface area contributed by atoms with Crippen molar-refractivity contribution in [3.63, 3.8) is 0 Å². The molecule has 0 aliphatic heterocycles. The zero-order valence-electron chi connectivity index (χ0n) is 5.21. The minimum Gasteiger partial charge on any atom is -0.358 e. The predicted molar refractivity (Wildman–Crippen MR) is 35.5 cm³/mol. The number of rotatable bonds is 0. The maximum absolute atomic E-state index is 2.12. The molecular weight excluding hydrogens is 310 g/mol. The van der Waals surface area contributed by atoms with E-state index in [0.29, 0.717) is 0 Å². The van der Waals surface area contributed by atoms with E-state index in [2.05, 4.69) is 13.8 Å². The summed E-state index contributed by atoms with van der Waals surface area (Å²) in [6.45, 7) is 4.25. The van der Waals surface area contributed by atoms with E-state index >= 15 is 0 Å². The van der Waals surface area contributed by atoms with Gasteiger partial charge in [0.2, 0.25) is 0 Å². The summed E-state index contributed by atoms with van der Waals surface area (Å²) in [5.41, 5.74) is 0. The van der Waals surface area contributed by atoms with Crippen LogP contribution in [0.5, 0.6) is 0 Å². The minimum atomic E-state index is 0. The van der Waals surface area contributed by atoms with E-state index in [1.165, 1.54) is 6.42 Å². The molecule has 0 aliphatic carbocycles. The van der Waals surface area contributed by atoms with E-state index in [-0.39, 0.29) is 53.4 Å². The average molecular weight is 328 g/mol. The van der Waals surface area contributed by atoms with Crippen molar-refractivity contribution < 1.29 is 31.1 Å². The Morgan fingerprint density at radius 1 is 1.00 bits per heavy atom. The second kappa shape index (κ2) is 61.3. The van der Waals surface area contributed by atoms with E-state index in [1.807, 2.05) is 0 Å². The van der Waals surface area contributed by atoms with Crippen LogP contribution in [0, 0.1) is 46.0 Å². The van der Waals surface area contributed by atoms with Crippen molar-refractivity contribution in [1.29, 1.82) is 0 Å². The fraction of sp³-hybridized carbons (Fsp3) is 0.667. The zero-order valence-corrected chi connectivity index (χ0v) is 9.37. The normalized spacial score (nSPS) is 2.57. The molecule has 0 saturated heterocycles. The van der Waals surface area contributed by atoms with E-state index in [0.717, 1.165) is 0 Å².